The van der Waals surface area contributed by atoms with E-state index >= 15 is 0 Å². The van der Waals surface area contributed by atoms with Gasteiger partial charge in [0.2, 0.25) is 0 Å². The zero-order valence-electron chi connectivity index (χ0n) is 4.61. The van der Waals surface area contributed by atoms with Gasteiger partial charge in [0.1, 0.15) is 0 Å². The van der Waals surface area contributed by atoms with Gasteiger partial charge in [-0.25, -0.2) is 0 Å². The molecule has 0 atom stereocenters. The van der Waals surface area contributed by atoms with Crippen molar-refractivity contribution >= 4 is 137 Å². The molecule has 0 N–H and O–H groups in total. The maximum Gasteiger partial charge on any atom is 3.00 e. The first-order valence-corrected chi connectivity index (χ1v) is 0. The third kappa shape index (κ3) is 71.7. The van der Waals surface area contributed by atoms with Gasteiger partial charge in [0.05, 0.1) is 0 Å². The molecule has 0 saturated heterocycles. The first-order chi connectivity index (χ1) is 0. The minimum absolute atomic E-state index is 0. The second kappa shape index (κ2) is 86.5. The van der Waals surface area contributed by atoms with E-state index in [1.165, 1.54) is 0 Å². The Bertz CT molecular complexity index is 12.9. The molecule has 0 saturated carbocycles. The van der Waals surface area contributed by atoms with Gasteiger partial charge in [-0.15, -0.1) is 0 Å². The molecule has 0 aliphatic heterocycles. The van der Waals surface area contributed by atoms with Crippen LogP contribution in [0.5, 0.6) is 0 Å². The molecular formula is Ba2Ga2O5. The van der Waals surface area contributed by atoms with E-state index in [9.17, 15) is 0 Å². The average molecular weight is 494 g/mol. The van der Waals surface area contributed by atoms with Crippen molar-refractivity contribution in [2.24, 2.45) is 0 Å². The fourth-order valence-electron chi connectivity index (χ4n) is 0. The molecule has 0 bridgehead atoms. The molecule has 0 spiro atoms. The Hall–Kier alpha value is 4.22. The molecule has 0 rings (SSSR count). The number of hydrogen-bond acceptors (Lipinski definition) is 0. The van der Waals surface area contributed by atoms with E-state index in [0.29, 0.717) is 0 Å². The molecule has 0 aromatic heterocycles. The molecule has 0 aliphatic carbocycles. The van der Waals surface area contributed by atoms with Crippen LogP contribution in [-0.4, -0.2) is 137 Å². The van der Waals surface area contributed by atoms with Gasteiger partial charge in [-0.05, 0) is 0 Å². The van der Waals surface area contributed by atoms with Gasteiger partial charge in [0, 0.05) is 0 Å². The van der Waals surface area contributed by atoms with E-state index < -0.39 is 0 Å². The topological polar surface area (TPSA) is 142 Å². The van der Waals surface area contributed by atoms with Crippen molar-refractivity contribution in [1.82, 2.24) is 0 Å². The summed E-state index contributed by atoms with van der Waals surface area (Å²) >= 11 is 0. The molecule has 0 heterocycles. The minimum atomic E-state index is 0. The van der Waals surface area contributed by atoms with Crippen LogP contribution in [0, 0.1) is 0 Å². The number of hydrogen-bond donors (Lipinski definition) is 0. The van der Waals surface area contributed by atoms with Crippen LogP contribution in [0.1, 0.15) is 0 Å². The van der Waals surface area contributed by atoms with Crippen LogP contribution in [0.4, 0.5) is 0 Å². The molecule has 40 valence electrons. The molecule has 0 unspecified atom stereocenters. The molecular weight excluding hydrogens is 494 g/mol. The zero-order chi connectivity index (χ0) is 0. The fourth-order valence-corrected chi connectivity index (χ4v) is 0. The van der Waals surface area contributed by atoms with E-state index in [0.717, 1.165) is 0 Å². The smallest absolute Gasteiger partial charge is 2.00 e. The van der Waals surface area contributed by atoms with Crippen LogP contribution in [0.2, 0.25) is 0 Å². The standard InChI is InChI=1S/2Ba.2Ga.5O/q2*+2;2*+3;5*-2. The van der Waals surface area contributed by atoms with Crippen molar-refractivity contribution < 1.29 is 27.4 Å². The third-order valence-electron chi connectivity index (χ3n) is 0. The molecule has 0 aromatic rings. The first kappa shape index (κ1) is 111. The predicted octanol–water partition coefficient (Wildman–Crippen LogP) is -2.12. The predicted molar refractivity (Wildman–Crippen MR) is 26.4 cm³/mol. The Morgan fingerprint density at radius 1 is 0.333 bits per heavy atom. The summed E-state index contributed by atoms with van der Waals surface area (Å²) in [5, 5.41) is 0. The van der Waals surface area contributed by atoms with Crippen molar-refractivity contribution in [2.75, 3.05) is 0 Å². The summed E-state index contributed by atoms with van der Waals surface area (Å²) in [7, 11) is 0. The molecule has 9 heavy (non-hydrogen) atoms. The summed E-state index contributed by atoms with van der Waals surface area (Å²) in [5.41, 5.74) is 0. The van der Waals surface area contributed by atoms with Crippen molar-refractivity contribution in [2.45, 2.75) is 0 Å². The van der Waals surface area contributed by atoms with E-state index in [2.05, 4.69) is 0 Å². The Morgan fingerprint density at radius 2 is 0.333 bits per heavy atom. The summed E-state index contributed by atoms with van der Waals surface area (Å²) in [6, 6.07) is 0. The number of rotatable bonds is 0. The zero-order valence-corrected chi connectivity index (χ0v) is 18.3. The van der Waals surface area contributed by atoms with E-state index in [1.807, 2.05) is 0 Å². The summed E-state index contributed by atoms with van der Waals surface area (Å²) in [4.78, 5) is 0. The van der Waals surface area contributed by atoms with E-state index in [4.69, 9.17) is 0 Å². The Labute approximate surface area is 160 Å². The largest absolute Gasteiger partial charge is 3.00 e. The summed E-state index contributed by atoms with van der Waals surface area (Å²) in [6.45, 7) is 0. The first-order valence-electron chi connectivity index (χ1n) is 0. The molecule has 0 radical (unpaired) electrons. The second-order valence-corrected chi connectivity index (χ2v) is 0. The SMILES string of the molecule is [Ba+2].[Ba+2].[Ga+3].[Ga+3].[O-2].[O-2].[O-2].[O-2].[O-2]. The van der Waals surface area contributed by atoms with Crippen molar-refractivity contribution in [1.29, 1.82) is 0 Å². The average Bonchev–Trinajstić information content (AvgIpc) is 0. The fraction of sp³-hybridized carbons (Fsp3) is 0. The molecule has 0 amide bonds. The van der Waals surface area contributed by atoms with E-state index in [1.54, 1.807) is 0 Å². The van der Waals surface area contributed by atoms with Gasteiger partial charge in [-0.2, -0.15) is 0 Å². The molecule has 0 aliphatic rings. The van der Waals surface area contributed by atoms with Crippen LogP contribution < -0.4 is 0 Å². The third-order valence-corrected chi connectivity index (χ3v) is 0. The monoisotopic (exact) mass is 494 g/mol. The second-order valence-electron chi connectivity index (χ2n) is 0. The Balaban J connectivity index is 0. The Kier molecular flexibility index (Phi) is 1070. The van der Waals surface area contributed by atoms with Crippen molar-refractivity contribution in [3.05, 3.63) is 0 Å². The van der Waals surface area contributed by atoms with Gasteiger partial charge in [-0.3, -0.25) is 0 Å². The van der Waals surface area contributed by atoms with Crippen LogP contribution in [0.25, 0.3) is 0 Å². The molecule has 0 aromatic carbocycles. The normalized spacial score (nSPS) is 0. The van der Waals surface area contributed by atoms with Crippen LogP contribution in [-0.2, 0) is 27.4 Å². The minimum Gasteiger partial charge on any atom is -2.00 e. The molecule has 9 heteroatoms. The van der Waals surface area contributed by atoms with Crippen molar-refractivity contribution in [3.63, 3.8) is 0 Å². The van der Waals surface area contributed by atoms with Crippen LogP contribution >= 0.6 is 0 Å². The van der Waals surface area contributed by atoms with Gasteiger partial charge in [0.25, 0.3) is 0 Å². The maximum atomic E-state index is 0. The van der Waals surface area contributed by atoms with E-state index in [-0.39, 0.29) is 165 Å². The van der Waals surface area contributed by atoms with Crippen LogP contribution in [0.3, 0.4) is 0 Å². The Morgan fingerprint density at radius 3 is 0.333 bits per heavy atom. The van der Waals surface area contributed by atoms with Crippen LogP contribution in [0.15, 0.2) is 0 Å². The van der Waals surface area contributed by atoms with Gasteiger partial charge in [-0.1, -0.05) is 0 Å². The van der Waals surface area contributed by atoms with Gasteiger partial charge >= 0.3 is 137 Å². The van der Waals surface area contributed by atoms with Gasteiger partial charge in [0.15, 0.2) is 0 Å². The molecule has 5 nitrogen and oxygen atoms in total. The maximum absolute atomic E-state index is 0. The quantitative estimate of drug-likeness (QED) is 0.340. The summed E-state index contributed by atoms with van der Waals surface area (Å²) in [5.74, 6) is 0. The summed E-state index contributed by atoms with van der Waals surface area (Å²) in [6.07, 6.45) is 0. The summed E-state index contributed by atoms with van der Waals surface area (Å²) < 4.78 is 0. The van der Waals surface area contributed by atoms with Gasteiger partial charge < -0.3 is 27.4 Å². The molecule has 0 fully saturated rings. The van der Waals surface area contributed by atoms with Crippen molar-refractivity contribution in [3.8, 4) is 0 Å².